The van der Waals surface area contributed by atoms with Crippen molar-refractivity contribution in [3.05, 3.63) is 64.7 Å². The zero-order chi connectivity index (χ0) is 24.8. The van der Waals surface area contributed by atoms with Gasteiger partial charge < -0.3 is 10.0 Å². The van der Waals surface area contributed by atoms with Gasteiger partial charge in [0.2, 0.25) is 0 Å². The predicted molar refractivity (Wildman–Crippen MR) is 137 cm³/mol. The molecule has 1 unspecified atom stereocenters. The van der Waals surface area contributed by atoms with Crippen molar-refractivity contribution in [1.82, 2.24) is 4.90 Å². The van der Waals surface area contributed by atoms with Crippen LogP contribution in [0.15, 0.2) is 42.5 Å². The van der Waals surface area contributed by atoms with Crippen LogP contribution in [0.1, 0.15) is 88.9 Å². The lowest BCUT2D eigenvalue weighted by Gasteiger charge is -2.33. The van der Waals surface area contributed by atoms with Gasteiger partial charge in [-0.25, -0.2) is 0 Å². The standard InChI is InChI=1S/C29H40N2O2/c1-27(2,3)22-15-20(16-23(25(22)33)28(4,5)6)24(32)18-31-26(30)21(17-29(31,7)8)14-19-12-10-9-11-13-19/h9-13,15-16,21,30,33H,14,17-18H2,1-8H3. The number of nitrogens with zero attached hydrogens (tertiary/aromatic N) is 1. The highest BCUT2D eigenvalue weighted by molar-refractivity contribution is 6.01. The second-order valence-electron chi connectivity index (χ2n) is 12.2. The number of carbonyl (C=O) groups is 1. The summed E-state index contributed by atoms with van der Waals surface area (Å²) in [5, 5.41) is 19.9. The first-order chi connectivity index (χ1) is 15.1. The minimum Gasteiger partial charge on any atom is -0.507 e. The first-order valence-corrected chi connectivity index (χ1v) is 11.9. The zero-order valence-corrected chi connectivity index (χ0v) is 21.5. The average molecular weight is 449 g/mol. The fourth-order valence-electron chi connectivity index (χ4n) is 4.90. The van der Waals surface area contributed by atoms with Crippen LogP contribution >= 0.6 is 0 Å². The third kappa shape index (κ3) is 5.31. The van der Waals surface area contributed by atoms with Crippen LogP contribution in [0.5, 0.6) is 5.75 Å². The van der Waals surface area contributed by atoms with Crippen molar-refractivity contribution in [2.24, 2.45) is 5.92 Å². The SMILES string of the molecule is CC(C)(C)c1cc(C(=O)CN2C(=N)C(Cc3ccccc3)CC2(C)C)cc(C(C)(C)C)c1O. The van der Waals surface area contributed by atoms with E-state index in [1.54, 1.807) is 0 Å². The monoisotopic (exact) mass is 448 g/mol. The number of amidine groups is 1. The van der Waals surface area contributed by atoms with Gasteiger partial charge in [0, 0.05) is 28.1 Å². The van der Waals surface area contributed by atoms with E-state index in [4.69, 9.17) is 5.41 Å². The Balaban J connectivity index is 1.90. The van der Waals surface area contributed by atoms with E-state index >= 15 is 0 Å². The number of phenolic OH excluding ortho intramolecular Hbond substituents is 1. The Kier molecular flexibility index (Phi) is 6.54. The molecule has 1 fully saturated rings. The molecule has 4 nitrogen and oxygen atoms in total. The van der Waals surface area contributed by atoms with Gasteiger partial charge in [0.05, 0.1) is 6.54 Å². The van der Waals surface area contributed by atoms with Gasteiger partial charge in [0.15, 0.2) is 5.78 Å². The van der Waals surface area contributed by atoms with E-state index < -0.39 is 0 Å². The van der Waals surface area contributed by atoms with Crippen LogP contribution in [0.25, 0.3) is 0 Å². The highest BCUT2D eigenvalue weighted by Gasteiger charge is 2.43. The molecule has 1 aliphatic heterocycles. The lowest BCUT2D eigenvalue weighted by atomic mass is 9.78. The minimum absolute atomic E-state index is 0.0100. The molecule has 0 bridgehead atoms. The second-order valence-corrected chi connectivity index (χ2v) is 12.2. The number of hydrogen-bond donors (Lipinski definition) is 2. The summed E-state index contributed by atoms with van der Waals surface area (Å²) in [5.74, 6) is 0.918. The molecule has 0 aromatic heterocycles. The molecular formula is C29H40N2O2. The lowest BCUT2D eigenvalue weighted by molar-refractivity contribution is 0.0925. The fourth-order valence-corrected chi connectivity index (χ4v) is 4.90. The van der Waals surface area contributed by atoms with E-state index in [0.29, 0.717) is 11.4 Å². The number of Topliss-reactive ketones (excluding diaryl/α,β-unsaturated/α-hetero) is 1. The van der Waals surface area contributed by atoms with Crippen molar-refractivity contribution in [2.75, 3.05) is 6.54 Å². The molecule has 1 atom stereocenters. The smallest absolute Gasteiger partial charge is 0.182 e. The van der Waals surface area contributed by atoms with Crippen LogP contribution in [0.4, 0.5) is 0 Å². The minimum atomic E-state index is -0.291. The van der Waals surface area contributed by atoms with E-state index in [9.17, 15) is 9.90 Å². The molecule has 1 aliphatic rings. The number of aromatic hydroxyl groups is 1. The first kappa shape index (κ1) is 25.0. The number of ketones is 1. The number of rotatable bonds is 5. The van der Waals surface area contributed by atoms with Crippen molar-refractivity contribution in [1.29, 1.82) is 5.41 Å². The number of likely N-dealkylation sites (tertiary alicyclic amines) is 1. The van der Waals surface area contributed by atoms with Gasteiger partial charge in [-0.3, -0.25) is 10.2 Å². The van der Waals surface area contributed by atoms with Crippen molar-refractivity contribution < 1.29 is 9.90 Å². The van der Waals surface area contributed by atoms with E-state index in [-0.39, 0.29) is 40.4 Å². The summed E-state index contributed by atoms with van der Waals surface area (Å²) in [7, 11) is 0. The summed E-state index contributed by atoms with van der Waals surface area (Å²) < 4.78 is 0. The first-order valence-electron chi connectivity index (χ1n) is 11.9. The zero-order valence-electron chi connectivity index (χ0n) is 21.5. The van der Waals surface area contributed by atoms with Crippen LogP contribution in [0.3, 0.4) is 0 Å². The third-order valence-electron chi connectivity index (χ3n) is 6.83. The summed E-state index contributed by atoms with van der Waals surface area (Å²) in [6.07, 6.45) is 1.67. The Hall–Kier alpha value is -2.62. The van der Waals surface area contributed by atoms with Crippen molar-refractivity contribution in [2.45, 2.75) is 84.6 Å². The Morgan fingerprint density at radius 3 is 2.03 bits per heavy atom. The highest BCUT2D eigenvalue weighted by Crippen LogP contribution is 2.40. The van der Waals surface area contributed by atoms with Gasteiger partial charge >= 0.3 is 0 Å². The maximum Gasteiger partial charge on any atom is 0.182 e. The Morgan fingerprint density at radius 2 is 1.55 bits per heavy atom. The van der Waals surface area contributed by atoms with Gasteiger partial charge in [0.1, 0.15) is 11.6 Å². The summed E-state index contributed by atoms with van der Waals surface area (Å²) in [6, 6.07) is 14.0. The summed E-state index contributed by atoms with van der Waals surface area (Å²) in [4.78, 5) is 15.5. The van der Waals surface area contributed by atoms with Gasteiger partial charge in [-0.05, 0) is 55.2 Å². The molecule has 1 heterocycles. The largest absolute Gasteiger partial charge is 0.507 e. The van der Waals surface area contributed by atoms with Gasteiger partial charge in [0.25, 0.3) is 0 Å². The Labute approximate surface area is 199 Å². The van der Waals surface area contributed by atoms with E-state index in [1.807, 2.05) is 35.2 Å². The topological polar surface area (TPSA) is 64.4 Å². The van der Waals surface area contributed by atoms with Gasteiger partial charge in [-0.15, -0.1) is 0 Å². The van der Waals surface area contributed by atoms with E-state index in [0.717, 1.165) is 24.0 Å². The van der Waals surface area contributed by atoms with Crippen molar-refractivity contribution in [3.8, 4) is 5.75 Å². The number of phenols is 1. The lowest BCUT2D eigenvalue weighted by Crippen LogP contribution is -2.44. The molecule has 0 radical (unpaired) electrons. The maximum absolute atomic E-state index is 13.5. The quantitative estimate of drug-likeness (QED) is 0.514. The molecule has 4 heteroatoms. The highest BCUT2D eigenvalue weighted by atomic mass is 16.3. The Bertz CT molecular complexity index is 1000. The molecule has 2 aromatic rings. The average Bonchev–Trinajstić information content (AvgIpc) is 2.89. The molecule has 0 amide bonds. The molecule has 0 aliphatic carbocycles. The summed E-state index contributed by atoms with van der Waals surface area (Å²) in [6.45, 7) is 16.7. The summed E-state index contributed by atoms with van der Waals surface area (Å²) >= 11 is 0. The molecule has 33 heavy (non-hydrogen) atoms. The molecule has 0 spiro atoms. The number of carbonyl (C=O) groups excluding carboxylic acids is 1. The maximum atomic E-state index is 13.5. The second kappa shape index (κ2) is 8.62. The van der Waals surface area contributed by atoms with Crippen LogP contribution < -0.4 is 0 Å². The normalized spacial score (nSPS) is 18.6. The number of benzene rings is 2. The number of hydrogen-bond acceptors (Lipinski definition) is 3. The number of nitrogens with one attached hydrogen (secondary N) is 1. The van der Waals surface area contributed by atoms with E-state index in [1.165, 1.54) is 5.56 Å². The Morgan fingerprint density at radius 1 is 1.03 bits per heavy atom. The van der Waals surface area contributed by atoms with Crippen LogP contribution in [0, 0.1) is 11.3 Å². The predicted octanol–water partition coefficient (Wildman–Crippen LogP) is 6.49. The van der Waals surface area contributed by atoms with Crippen LogP contribution in [-0.4, -0.2) is 33.7 Å². The fraction of sp³-hybridized carbons (Fsp3) is 0.517. The van der Waals surface area contributed by atoms with Crippen LogP contribution in [0.2, 0.25) is 0 Å². The van der Waals surface area contributed by atoms with Crippen molar-refractivity contribution >= 4 is 11.6 Å². The molecular weight excluding hydrogens is 408 g/mol. The molecule has 1 saturated heterocycles. The molecule has 2 aromatic carbocycles. The van der Waals surface area contributed by atoms with Gasteiger partial charge in [-0.1, -0.05) is 71.9 Å². The van der Waals surface area contributed by atoms with Crippen molar-refractivity contribution in [3.63, 3.8) is 0 Å². The molecule has 0 saturated carbocycles. The molecule has 3 rings (SSSR count). The van der Waals surface area contributed by atoms with Gasteiger partial charge in [-0.2, -0.15) is 0 Å². The van der Waals surface area contributed by atoms with Crippen LogP contribution in [-0.2, 0) is 17.3 Å². The molecule has 178 valence electrons. The van der Waals surface area contributed by atoms with E-state index in [2.05, 4.69) is 67.5 Å². The summed E-state index contributed by atoms with van der Waals surface area (Å²) in [5.41, 5.74) is 2.56. The molecule has 2 N–H and O–H groups in total. The third-order valence-corrected chi connectivity index (χ3v) is 6.83.